The van der Waals surface area contributed by atoms with E-state index < -0.39 is 0 Å². The van der Waals surface area contributed by atoms with Crippen molar-refractivity contribution in [1.82, 2.24) is 4.98 Å². The maximum atomic E-state index is 10.7. The molecule has 2 aromatic heterocycles. The van der Waals surface area contributed by atoms with Gasteiger partial charge in [0.15, 0.2) is 12.6 Å². The third-order valence-corrected chi connectivity index (χ3v) is 3.17. The zero-order valence-corrected chi connectivity index (χ0v) is 10.9. The number of thiophene rings is 1. The van der Waals surface area contributed by atoms with Gasteiger partial charge in [-0.15, -0.1) is 11.3 Å². The molecule has 0 bridgehead atoms. The molecule has 0 atom stereocenters. The Hall–Kier alpha value is -1.46. The third-order valence-electron chi connectivity index (χ3n) is 2.21. The van der Waals surface area contributed by atoms with E-state index in [2.05, 4.69) is 9.72 Å². The molecule has 2 aromatic rings. The summed E-state index contributed by atoms with van der Waals surface area (Å²) >= 11 is 1.54. The minimum atomic E-state index is 0.372. The van der Waals surface area contributed by atoms with Crippen LogP contribution in [0.3, 0.4) is 0 Å². The van der Waals surface area contributed by atoms with Crippen LogP contribution in [0.15, 0.2) is 6.07 Å². The smallest absolute Gasteiger partial charge is 0.167 e. The van der Waals surface area contributed by atoms with Crippen LogP contribution in [0.2, 0.25) is 0 Å². The van der Waals surface area contributed by atoms with Gasteiger partial charge in [0.25, 0.3) is 0 Å². The van der Waals surface area contributed by atoms with Crippen LogP contribution >= 0.6 is 11.3 Å². The number of ether oxygens (including phenoxy) is 1. The Kier molecular flexibility index (Phi) is 5.06. The van der Waals surface area contributed by atoms with Crippen LogP contribution < -0.4 is 0 Å². The number of methoxy groups -OCH3 is 1. The number of nitrogens with one attached hydrogen (secondary N) is 1. The number of aldehydes is 2. The first kappa shape index (κ1) is 13.6. The van der Waals surface area contributed by atoms with E-state index in [9.17, 15) is 9.59 Å². The number of H-pyrrole nitrogens is 1. The monoisotopic (exact) mass is 253 g/mol. The Morgan fingerprint density at radius 2 is 2.06 bits per heavy atom. The summed E-state index contributed by atoms with van der Waals surface area (Å²) in [4.78, 5) is 26.2. The van der Waals surface area contributed by atoms with Gasteiger partial charge >= 0.3 is 0 Å². The van der Waals surface area contributed by atoms with Crippen molar-refractivity contribution < 1.29 is 14.3 Å². The predicted octanol–water partition coefficient (Wildman–Crippen LogP) is 2.82. The molecule has 5 heteroatoms. The Morgan fingerprint density at radius 3 is 2.53 bits per heavy atom. The van der Waals surface area contributed by atoms with Crippen LogP contribution in [-0.2, 0) is 4.74 Å². The minimum Gasteiger partial charge on any atom is -0.385 e. The molecule has 0 aliphatic rings. The number of aromatic amines is 1. The first-order chi connectivity index (χ1) is 8.17. The van der Waals surface area contributed by atoms with Gasteiger partial charge in [-0.3, -0.25) is 9.59 Å². The van der Waals surface area contributed by atoms with Crippen molar-refractivity contribution in [3.05, 3.63) is 22.2 Å². The summed E-state index contributed by atoms with van der Waals surface area (Å²) in [5, 5.41) is 0.847. The molecule has 0 aliphatic heterocycles. The maximum absolute atomic E-state index is 10.7. The van der Waals surface area contributed by atoms with E-state index >= 15 is 0 Å². The average Bonchev–Trinajstić information content (AvgIpc) is 2.84. The molecule has 0 amide bonds. The number of aromatic nitrogens is 1. The summed E-state index contributed by atoms with van der Waals surface area (Å²) in [5.74, 6) is 0. The Balaban J connectivity index is 0.000000317. The zero-order chi connectivity index (χ0) is 12.8. The Labute approximate surface area is 104 Å². The van der Waals surface area contributed by atoms with Crippen molar-refractivity contribution >= 4 is 34.1 Å². The second-order valence-corrected chi connectivity index (χ2v) is 4.62. The van der Waals surface area contributed by atoms with Crippen LogP contribution in [0.5, 0.6) is 0 Å². The number of carbonyl (C=O) groups is 2. The molecule has 0 aliphatic carbocycles. The van der Waals surface area contributed by atoms with Gasteiger partial charge in [0.05, 0.1) is 11.3 Å². The first-order valence-electron chi connectivity index (χ1n) is 5.19. The highest BCUT2D eigenvalue weighted by molar-refractivity contribution is 7.18. The minimum absolute atomic E-state index is 0.372. The van der Waals surface area contributed by atoms with Gasteiger partial charge in [-0.2, -0.15) is 0 Å². The molecule has 0 spiro atoms. The molecule has 4 nitrogen and oxygen atoms in total. The van der Waals surface area contributed by atoms with E-state index in [-0.39, 0.29) is 0 Å². The zero-order valence-electron chi connectivity index (χ0n) is 10.1. The lowest BCUT2D eigenvalue weighted by atomic mass is 10.2. The normalized spacial score (nSPS) is 9.82. The van der Waals surface area contributed by atoms with Crippen molar-refractivity contribution in [3.63, 3.8) is 0 Å². The molecule has 2 rings (SSSR count). The van der Waals surface area contributed by atoms with E-state index in [1.807, 2.05) is 19.9 Å². The van der Waals surface area contributed by atoms with E-state index in [0.717, 1.165) is 21.7 Å². The Morgan fingerprint density at radius 1 is 1.41 bits per heavy atom. The molecule has 0 saturated carbocycles. The number of hydrogen-bond acceptors (Lipinski definition) is 4. The Bertz CT molecular complexity index is 511. The highest BCUT2D eigenvalue weighted by atomic mass is 32.1. The largest absolute Gasteiger partial charge is 0.385 e. The molecule has 1 N–H and O–H groups in total. The van der Waals surface area contributed by atoms with Gasteiger partial charge in [-0.1, -0.05) is 0 Å². The summed E-state index contributed by atoms with van der Waals surface area (Å²) in [6.07, 6.45) is 1.39. The lowest BCUT2D eigenvalue weighted by molar-refractivity contribution is 0.109. The average molecular weight is 253 g/mol. The fourth-order valence-electron chi connectivity index (χ4n) is 1.36. The lowest BCUT2D eigenvalue weighted by Crippen LogP contribution is -1.85. The van der Waals surface area contributed by atoms with Crippen molar-refractivity contribution in [2.75, 3.05) is 13.7 Å². The molecule has 2 heterocycles. The fourth-order valence-corrected chi connectivity index (χ4v) is 2.30. The molecular weight excluding hydrogens is 238 g/mol. The van der Waals surface area contributed by atoms with Gasteiger partial charge in [-0.05, 0) is 19.9 Å². The molecule has 0 radical (unpaired) electrons. The predicted molar refractivity (Wildman–Crippen MR) is 69.2 cm³/mol. The number of fused-ring (bicyclic) bond motifs is 1. The molecule has 0 fully saturated rings. The maximum Gasteiger partial charge on any atom is 0.167 e. The number of rotatable bonds is 3. The van der Waals surface area contributed by atoms with Crippen LogP contribution in [0, 0.1) is 6.92 Å². The van der Waals surface area contributed by atoms with Crippen LogP contribution in [0.1, 0.15) is 32.6 Å². The lowest BCUT2D eigenvalue weighted by Gasteiger charge is -1.84. The van der Waals surface area contributed by atoms with Crippen molar-refractivity contribution in [1.29, 1.82) is 0 Å². The number of aryl methyl sites for hydroxylation is 1. The van der Waals surface area contributed by atoms with Crippen LogP contribution in [0.25, 0.3) is 10.2 Å². The van der Waals surface area contributed by atoms with Gasteiger partial charge in [0.1, 0.15) is 4.83 Å². The number of hydrogen-bond donors (Lipinski definition) is 1. The number of carbonyl (C=O) groups excluding carboxylic acids is 2. The molecular formula is C12H15NO3S. The summed E-state index contributed by atoms with van der Waals surface area (Å²) < 4.78 is 4.54. The van der Waals surface area contributed by atoms with E-state index in [0.29, 0.717) is 23.8 Å². The van der Waals surface area contributed by atoms with Crippen molar-refractivity contribution in [2.24, 2.45) is 0 Å². The van der Waals surface area contributed by atoms with Crippen molar-refractivity contribution in [2.45, 2.75) is 13.8 Å². The summed E-state index contributed by atoms with van der Waals surface area (Å²) in [6.45, 7) is 4.74. The summed E-state index contributed by atoms with van der Waals surface area (Å²) in [5.41, 5.74) is 0.839. The van der Waals surface area contributed by atoms with E-state index in [1.54, 1.807) is 18.4 Å². The van der Waals surface area contributed by atoms with Crippen molar-refractivity contribution in [3.8, 4) is 0 Å². The summed E-state index contributed by atoms with van der Waals surface area (Å²) in [6, 6.07) is 1.91. The topological polar surface area (TPSA) is 59.2 Å². The third kappa shape index (κ3) is 3.01. The second-order valence-electron chi connectivity index (χ2n) is 3.37. The molecule has 0 unspecified atom stereocenters. The fraction of sp³-hybridized carbons (Fsp3) is 0.333. The SMILES string of the molecule is CCOC.Cc1cc2c(C=O)c(C=O)[nH]c2s1. The quantitative estimate of drug-likeness (QED) is 0.856. The van der Waals surface area contributed by atoms with E-state index in [1.165, 1.54) is 0 Å². The van der Waals surface area contributed by atoms with E-state index in [4.69, 9.17) is 0 Å². The molecule has 0 aromatic carbocycles. The first-order valence-corrected chi connectivity index (χ1v) is 6.00. The van der Waals surface area contributed by atoms with Gasteiger partial charge in [0.2, 0.25) is 0 Å². The highest BCUT2D eigenvalue weighted by Crippen LogP contribution is 2.28. The second kappa shape index (κ2) is 6.32. The van der Waals surface area contributed by atoms with Gasteiger partial charge in [0, 0.05) is 24.0 Å². The van der Waals surface area contributed by atoms with Gasteiger partial charge < -0.3 is 9.72 Å². The summed E-state index contributed by atoms with van der Waals surface area (Å²) in [7, 11) is 1.68. The standard InChI is InChI=1S/C9H7NO2S.C3H8O/c1-5-2-6-7(3-11)8(4-12)10-9(6)13-5;1-3-4-2/h2-4,10H,1H3;3H2,1-2H3. The molecule has 92 valence electrons. The molecule has 17 heavy (non-hydrogen) atoms. The highest BCUT2D eigenvalue weighted by Gasteiger charge is 2.11. The van der Waals surface area contributed by atoms with Gasteiger partial charge in [-0.25, -0.2) is 0 Å². The van der Waals surface area contributed by atoms with Crippen LogP contribution in [-0.4, -0.2) is 31.3 Å². The van der Waals surface area contributed by atoms with Crippen LogP contribution in [0.4, 0.5) is 0 Å². The molecule has 0 saturated heterocycles.